The Labute approximate surface area is 102 Å². The molecule has 1 nitrogen and oxygen atoms in total. The second kappa shape index (κ2) is 4.50. The van der Waals surface area contributed by atoms with Crippen LogP contribution in [0.25, 0.3) is 0 Å². The molecule has 1 aliphatic rings. The van der Waals surface area contributed by atoms with Gasteiger partial charge in [0.25, 0.3) is 0 Å². The van der Waals surface area contributed by atoms with Gasteiger partial charge < -0.3 is 4.98 Å². The first-order valence-electron chi connectivity index (χ1n) is 6.30. The molecule has 0 saturated carbocycles. The summed E-state index contributed by atoms with van der Waals surface area (Å²) in [6.45, 7) is 16.2. The van der Waals surface area contributed by atoms with Crippen molar-refractivity contribution >= 4 is 8.24 Å². The topological polar surface area (TPSA) is 12.0 Å². The molecular formula is C14H27NSi. The third kappa shape index (κ3) is 3.32. The predicted molar refractivity (Wildman–Crippen MR) is 76.1 cm³/mol. The van der Waals surface area contributed by atoms with E-state index in [2.05, 4.69) is 58.8 Å². The van der Waals surface area contributed by atoms with Gasteiger partial charge in [-0.2, -0.15) is 0 Å². The van der Waals surface area contributed by atoms with Gasteiger partial charge in [-0.25, -0.2) is 0 Å². The van der Waals surface area contributed by atoms with Crippen LogP contribution in [0.1, 0.15) is 47.5 Å². The van der Waals surface area contributed by atoms with Crippen molar-refractivity contribution in [3.63, 3.8) is 0 Å². The van der Waals surface area contributed by atoms with Crippen LogP contribution >= 0.6 is 0 Å². The fourth-order valence-corrected chi connectivity index (χ4v) is 6.74. The third-order valence-corrected chi connectivity index (χ3v) is 6.84. The van der Waals surface area contributed by atoms with Crippen LogP contribution in [-0.2, 0) is 0 Å². The highest BCUT2D eigenvalue weighted by molar-refractivity contribution is 6.82. The van der Waals surface area contributed by atoms with Crippen LogP contribution in [0.15, 0.2) is 22.4 Å². The minimum atomic E-state index is -1.45. The standard InChI is InChI=1S/C14H27NSi/c1-11-9-8-10-13(12(11)2)16(6,7)15-14(3,4)5/h9,15H,8,10H2,1-7H3. The van der Waals surface area contributed by atoms with Gasteiger partial charge in [0.05, 0.1) is 0 Å². The largest absolute Gasteiger partial charge is 0.329 e. The van der Waals surface area contributed by atoms with Crippen molar-refractivity contribution in [1.29, 1.82) is 0 Å². The number of allylic oxidation sites excluding steroid dienone is 4. The first-order chi connectivity index (χ1) is 7.13. The fraction of sp³-hybridized carbons (Fsp3) is 0.714. The Morgan fingerprint density at radius 3 is 2.25 bits per heavy atom. The smallest absolute Gasteiger partial charge is 0.148 e. The van der Waals surface area contributed by atoms with Crippen molar-refractivity contribution in [3.05, 3.63) is 22.4 Å². The van der Waals surface area contributed by atoms with E-state index in [1.807, 2.05) is 0 Å². The molecule has 2 heteroatoms. The Morgan fingerprint density at radius 2 is 1.75 bits per heavy atom. The Bertz CT molecular complexity index is 329. The number of nitrogens with one attached hydrogen (secondary N) is 1. The summed E-state index contributed by atoms with van der Waals surface area (Å²) in [4.78, 5) is 3.87. The minimum absolute atomic E-state index is 0.220. The van der Waals surface area contributed by atoms with Gasteiger partial charge in [0, 0.05) is 5.54 Å². The normalized spacial score (nSPS) is 18.8. The van der Waals surface area contributed by atoms with Crippen molar-refractivity contribution in [1.82, 2.24) is 4.98 Å². The fourth-order valence-electron chi connectivity index (χ4n) is 2.81. The number of hydrogen-bond donors (Lipinski definition) is 1. The van der Waals surface area contributed by atoms with E-state index in [0.717, 1.165) is 0 Å². The van der Waals surface area contributed by atoms with Gasteiger partial charge in [-0.15, -0.1) is 0 Å². The van der Waals surface area contributed by atoms with Crippen molar-refractivity contribution in [2.45, 2.75) is 66.1 Å². The lowest BCUT2D eigenvalue weighted by Crippen LogP contribution is -2.56. The van der Waals surface area contributed by atoms with Crippen molar-refractivity contribution in [2.24, 2.45) is 0 Å². The molecule has 1 aliphatic carbocycles. The Balaban J connectivity index is 2.99. The van der Waals surface area contributed by atoms with E-state index in [-0.39, 0.29) is 5.54 Å². The molecule has 0 spiro atoms. The summed E-state index contributed by atoms with van der Waals surface area (Å²) in [5, 5.41) is 1.71. The molecule has 0 aromatic rings. The van der Waals surface area contributed by atoms with E-state index in [1.54, 1.807) is 10.8 Å². The predicted octanol–water partition coefficient (Wildman–Crippen LogP) is 4.18. The second-order valence-electron chi connectivity index (χ2n) is 6.53. The Kier molecular flexibility index (Phi) is 3.86. The molecule has 0 saturated heterocycles. The maximum atomic E-state index is 3.87. The Morgan fingerprint density at radius 1 is 1.19 bits per heavy atom. The average Bonchev–Trinajstić information content (AvgIpc) is 2.05. The first-order valence-corrected chi connectivity index (χ1v) is 9.30. The molecule has 0 atom stereocenters. The summed E-state index contributed by atoms with van der Waals surface area (Å²) in [6, 6.07) is 0. The zero-order chi connectivity index (χ0) is 12.6. The lowest BCUT2D eigenvalue weighted by atomic mass is 10.0. The summed E-state index contributed by atoms with van der Waals surface area (Å²) >= 11 is 0. The lowest BCUT2D eigenvalue weighted by molar-refractivity contribution is 0.513. The number of rotatable bonds is 2. The molecule has 1 N–H and O–H groups in total. The van der Waals surface area contributed by atoms with E-state index in [9.17, 15) is 0 Å². The molecule has 0 aliphatic heterocycles. The van der Waals surface area contributed by atoms with Gasteiger partial charge >= 0.3 is 0 Å². The second-order valence-corrected chi connectivity index (χ2v) is 10.6. The molecule has 0 aromatic heterocycles. The molecule has 0 heterocycles. The van der Waals surface area contributed by atoms with Crippen LogP contribution in [0.2, 0.25) is 13.1 Å². The van der Waals surface area contributed by atoms with Crippen LogP contribution in [0.5, 0.6) is 0 Å². The zero-order valence-corrected chi connectivity index (χ0v) is 13.0. The molecule has 0 aromatic carbocycles. The van der Waals surface area contributed by atoms with Gasteiger partial charge in [-0.1, -0.05) is 35.5 Å². The monoisotopic (exact) mass is 237 g/mol. The van der Waals surface area contributed by atoms with Gasteiger partial charge in [-0.05, 0) is 47.5 Å². The van der Waals surface area contributed by atoms with E-state index in [0.29, 0.717) is 0 Å². The van der Waals surface area contributed by atoms with Crippen LogP contribution in [0.3, 0.4) is 0 Å². The van der Waals surface area contributed by atoms with Crippen LogP contribution < -0.4 is 4.98 Å². The maximum absolute atomic E-state index is 3.87. The van der Waals surface area contributed by atoms with E-state index in [4.69, 9.17) is 0 Å². The van der Waals surface area contributed by atoms with Crippen molar-refractivity contribution in [2.75, 3.05) is 0 Å². The van der Waals surface area contributed by atoms with E-state index < -0.39 is 8.24 Å². The third-order valence-electron chi connectivity index (χ3n) is 3.33. The quantitative estimate of drug-likeness (QED) is 0.711. The molecule has 92 valence electrons. The highest BCUT2D eigenvalue weighted by Gasteiger charge is 2.32. The minimum Gasteiger partial charge on any atom is -0.329 e. The molecule has 16 heavy (non-hydrogen) atoms. The zero-order valence-electron chi connectivity index (χ0n) is 12.0. The summed E-state index contributed by atoms with van der Waals surface area (Å²) in [6.07, 6.45) is 4.85. The SMILES string of the molecule is CC1=CCCC([Si](C)(C)NC(C)(C)C)=C1C. The summed E-state index contributed by atoms with van der Waals surface area (Å²) < 4.78 is 0. The highest BCUT2D eigenvalue weighted by atomic mass is 28.3. The van der Waals surface area contributed by atoms with Gasteiger partial charge in [0.1, 0.15) is 8.24 Å². The number of hydrogen-bond acceptors (Lipinski definition) is 1. The Hall–Kier alpha value is -0.343. The van der Waals surface area contributed by atoms with Crippen LogP contribution in [-0.4, -0.2) is 13.8 Å². The molecule has 0 amide bonds. The lowest BCUT2D eigenvalue weighted by Gasteiger charge is -2.37. The summed E-state index contributed by atoms with van der Waals surface area (Å²) in [5.41, 5.74) is 3.25. The van der Waals surface area contributed by atoms with E-state index in [1.165, 1.54) is 18.4 Å². The average molecular weight is 237 g/mol. The summed E-state index contributed by atoms with van der Waals surface area (Å²) in [7, 11) is -1.45. The van der Waals surface area contributed by atoms with Crippen molar-refractivity contribution < 1.29 is 0 Å². The molecule has 0 unspecified atom stereocenters. The van der Waals surface area contributed by atoms with Crippen LogP contribution in [0.4, 0.5) is 0 Å². The molecule has 0 radical (unpaired) electrons. The van der Waals surface area contributed by atoms with Crippen LogP contribution in [0, 0.1) is 0 Å². The van der Waals surface area contributed by atoms with Gasteiger partial charge in [0.15, 0.2) is 0 Å². The highest BCUT2D eigenvalue weighted by Crippen LogP contribution is 2.31. The summed E-state index contributed by atoms with van der Waals surface area (Å²) in [5.74, 6) is 0. The van der Waals surface area contributed by atoms with Crippen molar-refractivity contribution in [3.8, 4) is 0 Å². The van der Waals surface area contributed by atoms with Gasteiger partial charge in [-0.3, -0.25) is 0 Å². The first kappa shape index (κ1) is 13.7. The van der Waals surface area contributed by atoms with E-state index >= 15 is 0 Å². The van der Waals surface area contributed by atoms with Gasteiger partial charge in [0.2, 0.25) is 0 Å². The molecule has 1 rings (SSSR count). The maximum Gasteiger partial charge on any atom is 0.148 e. The molecule has 0 fully saturated rings. The molecular weight excluding hydrogens is 210 g/mol. The molecule has 0 bridgehead atoms.